The van der Waals surface area contributed by atoms with Gasteiger partial charge in [0.05, 0.1) is 11.4 Å². The molecule has 10 aromatic carbocycles. The van der Waals surface area contributed by atoms with E-state index in [-0.39, 0.29) is 23.0 Å². The van der Waals surface area contributed by atoms with Crippen molar-refractivity contribution in [1.82, 2.24) is 0 Å². The normalized spacial score (nSPS) is 12.4. The first-order valence-corrected chi connectivity index (χ1v) is 28.3. The minimum Gasteiger partial charge on any atom is -0.309 e. The van der Waals surface area contributed by atoms with E-state index in [0.29, 0.717) is 0 Å². The van der Waals surface area contributed by atoms with Crippen LogP contribution in [0.2, 0.25) is 0 Å². The Morgan fingerprint density at radius 3 is 1.49 bits per heavy atom. The standard InChI is InChI=1S/C76H76BN/c1-12-14-31-60(13-2)74(6,7)65-47-43-59(50-56-41-45-63(46-42-56)75(8,9)61-32-17-15-18-33-61)70(52-65)77(69-51-64(44-40-53(69)3)76(10,11)62-34-19-16-20-35-62)73-54(4)48-66(49-55(73)5)78(71-38-25-29-57-27-21-23-36-67(57)71)72-39-26-30-58-28-22-24-37-68(58)72/h13-49,51-52H,12,50H2,1-11H3/b31-14-,60-13+. The molecule has 78 heavy (non-hydrogen) atoms. The Labute approximate surface area is 467 Å². The maximum Gasteiger partial charge on any atom is 0.242 e. The van der Waals surface area contributed by atoms with E-state index in [1.807, 2.05) is 0 Å². The monoisotopic (exact) mass is 1010 g/mol. The first-order valence-electron chi connectivity index (χ1n) is 28.3. The van der Waals surface area contributed by atoms with Gasteiger partial charge < -0.3 is 4.90 Å². The molecule has 0 radical (unpaired) electrons. The molecule has 2 heteroatoms. The molecule has 0 amide bonds. The molecule has 0 atom stereocenters. The number of hydrogen-bond acceptors (Lipinski definition) is 1. The van der Waals surface area contributed by atoms with Crippen LogP contribution in [0.3, 0.4) is 0 Å². The minimum atomic E-state index is -0.263. The second kappa shape index (κ2) is 22.2. The van der Waals surface area contributed by atoms with Crippen LogP contribution in [0, 0.1) is 20.8 Å². The smallest absolute Gasteiger partial charge is 0.242 e. The Morgan fingerprint density at radius 2 is 0.936 bits per heavy atom. The molecule has 10 rings (SSSR count). The molecule has 0 N–H and O–H groups in total. The van der Waals surface area contributed by atoms with Crippen LogP contribution in [0.1, 0.15) is 117 Å². The van der Waals surface area contributed by atoms with Gasteiger partial charge in [-0.25, -0.2) is 0 Å². The number of fused-ring (bicyclic) bond motifs is 2. The van der Waals surface area contributed by atoms with Gasteiger partial charge >= 0.3 is 0 Å². The van der Waals surface area contributed by atoms with Crippen molar-refractivity contribution in [2.75, 3.05) is 4.90 Å². The quantitative estimate of drug-likeness (QED) is 0.0689. The summed E-state index contributed by atoms with van der Waals surface area (Å²) in [6.07, 6.45) is 8.73. The van der Waals surface area contributed by atoms with Crippen molar-refractivity contribution in [3.05, 3.63) is 298 Å². The highest BCUT2D eigenvalue weighted by Crippen LogP contribution is 2.43. The van der Waals surface area contributed by atoms with Gasteiger partial charge in [0.15, 0.2) is 0 Å². The number of nitrogens with zero attached hydrogens (tertiary/aromatic N) is 1. The molecule has 0 aliphatic carbocycles. The van der Waals surface area contributed by atoms with E-state index >= 15 is 0 Å². The zero-order valence-electron chi connectivity index (χ0n) is 48.0. The third-order valence-electron chi connectivity index (χ3n) is 17.3. The summed E-state index contributed by atoms with van der Waals surface area (Å²) < 4.78 is 0. The summed E-state index contributed by atoms with van der Waals surface area (Å²) in [5.41, 5.74) is 21.2. The fraction of sp³-hybridized carbons (Fsp3) is 0.211. The molecule has 388 valence electrons. The molecule has 1 nitrogen and oxygen atoms in total. The van der Waals surface area contributed by atoms with Crippen LogP contribution >= 0.6 is 0 Å². The summed E-state index contributed by atoms with van der Waals surface area (Å²) in [4.78, 5) is 2.51. The average molecular weight is 1010 g/mol. The lowest BCUT2D eigenvalue weighted by molar-refractivity contribution is 0.638. The van der Waals surface area contributed by atoms with Crippen molar-refractivity contribution in [2.45, 2.75) is 105 Å². The highest BCUT2D eigenvalue weighted by molar-refractivity contribution is 6.96. The lowest BCUT2D eigenvalue weighted by Gasteiger charge is -2.33. The Kier molecular flexibility index (Phi) is 15.2. The van der Waals surface area contributed by atoms with E-state index in [1.165, 1.54) is 99.1 Å². The molecular formula is C76H76BN. The van der Waals surface area contributed by atoms with Gasteiger partial charge in [-0.2, -0.15) is 0 Å². The lowest BCUT2D eigenvalue weighted by atomic mass is 9.33. The van der Waals surface area contributed by atoms with Crippen LogP contribution in [0.25, 0.3) is 21.5 Å². The molecule has 0 fully saturated rings. The van der Waals surface area contributed by atoms with Crippen LogP contribution < -0.4 is 21.3 Å². The number of anilines is 3. The van der Waals surface area contributed by atoms with Gasteiger partial charge in [-0.15, -0.1) is 0 Å². The number of aryl methyl sites for hydroxylation is 3. The predicted molar refractivity (Wildman–Crippen MR) is 340 cm³/mol. The summed E-state index contributed by atoms with van der Waals surface area (Å²) in [5.74, 6) is 0. The van der Waals surface area contributed by atoms with Gasteiger partial charge in [-0.3, -0.25) is 0 Å². The van der Waals surface area contributed by atoms with Gasteiger partial charge in [0.25, 0.3) is 0 Å². The van der Waals surface area contributed by atoms with E-state index in [1.54, 1.807) is 0 Å². The van der Waals surface area contributed by atoms with Gasteiger partial charge in [0.2, 0.25) is 6.71 Å². The largest absolute Gasteiger partial charge is 0.309 e. The first kappa shape index (κ1) is 53.5. The fourth-order valence-corrected chi connectivity index (χ4v) is 12.4. The third-order valence-corrected chi connectivity index (χ3v) is 17.3. The number of hydrogen-bond donors (Lipinski definition) is 0. The first-order chi connectivity index (χ1) is 37.6. The van der Waals surface area contributed by atoms with E-state index in [4.69, 9.17) is 0 Å². The van der Waals surface area contributed by atoms with Crippen LogP contribution in [-0.2, 0) is 22.7 Å². The predicted octanol–water partition coefficient (Wildman–Crippen LogP) is 18.3. The molecule has 0 bridgehead atoms. The van der Waals surface area contributed by atoms with Crippen molar-refractivity contribution >= 4 is 61.7 Å². The zero-order valence-corrected chi connectivity index (χ0v) is 48.0. The Balaban J connectivity index is 1.23. The number of allylic oxidation sites excluding steroid dienone is 4. The minimum absolute atomic E-state index is 0.101. The highest BCUT2D eigenvalue weighted by Gasteiger charge is 2.35. The van der Waals surface area contributed by atoms with Crippen molar-refractivity contribution in [3.63, 3.8) is 0 Å². The van der Waals surface area contributed by atoms with E-state index < -0.39 is 0 Å². The second-order valence-electron chi connectivity index (χ2n) is 23.3. The zero-order chi connectivity index (χ0) is 54.8. The maximum atomic E-state index is 2.59. The molecular weight excluding hydrogens is 938 g/mol. The molecule has 0 saturated heterocycles. The van der Waals surface area contributed by atoms with E-state index in [2.05, 4.69) is 318 Å². The van der Waals surface area contributed by atoms with Crippen LogP contribution in [-0.4, -0.2) is 6.71 Å². The number of rotatable bonds is 16. The summed E-state index contributed by atoms with van der Waals surface area (Å²) >= 11 is 0. The Morgan fingerprint density at radius 1 is 0.462 bits per heavy atom. The Hall–Kier alpha value is -7.94. The lowest BCUT2D eigenvalue weighted by Crippen LogP contribution is -2.56. The SMILES string of the molecule is C/C=C(\C=C/CC)C(C)(C)c1ccc(Cc2ccc(C(C)(C)c3ccccc3)cc2)c(B(c2cc(C(C)(C)c3ccccc3)ccc2C)c2c(C)cc(N(c3cccc4ccccc34)c3cccc4ccccc34)cc2C)c1. The fourth-order valence-electron chi connectivity index (χ4n) is 12.4. The molecule has 0 saturated carbocycles. The van der Waals surface area contributed by atoms with E-state index in [9.17, 15) is 0 Å². The molecule has 0 aromatic heterocycles. The van der Waals surface area contributed by atoms with Crippen LogP contribution in [0.5, 0.6) is 0 Å². The van der Waals surface area contributed by atoms with E-state index in [0.717, 1.165) is 29.9 Å². The van der Waals surface area contributed by atoms with Gasteiger partial charge in [0, 0.05) is 32.7 Å². The van der Waals surface area contributed by atoms with Gasteiger partial charge in [-0.05, 0) is 120 Å². The molecule has 0 heterocycles. The van der Waals surface area contributed by atoms with Crippen molar-refractivity contribution in [3.8, 4) is 0 Å². The molecule has 0 aliphatic heterocycles. The highest BCUT2D eigenvalue weighted by atomic mass is 15.1. The third kappa shape index (κ3) is 10.3. The summed E-state index contributed by atoms with van der Waals surface area (Å²) in [6.45, 7) is 25.6. The molecule has 0 aliphatic rings. The second-order valence-corrected chi connectivity index (χ2v) is 23.3. The molecule has 10 aromatic rings. The summed E-state index contributed by atoms with van der Waals surface area (Å²) in [7, 11) is 0. The van der Waals surface area contributed by atoms with Crippen LogP contribution in [0.15, 0.2) is 242 Å². The number of benzene rings is 10. The van der Waals surface area contributed by atoms with Gasteiger partial charge in [0.1, 0.15) is 0 Å². The topological polar surface area (TPSA) is 3.24 Å². The summed E-state index contributed by atoms with van der Waals surface area (Å²) in [6, 6.07) is 82.2. The Bertz CT molecular complexity index is 3700. The van der Waals surface area contributed by atoms with Crippen molar-refractivity contribution in [1.29, 1.82) is 0 Å². The maximum absolute atomic E-state index is 2.59. The van der Waals surface area contributed by atoms with Gasteiger partial charge in [-0.1, -0.05) is 294 Å². The average Bonchev–Trinajstić information content (AvgIpc) is 3.65. The van der Waals surface area contributed by atoms with Crippen molar-refractivity contribution in [2.24, 2.45) is 0 Å². The molecule has 0 unspecified atom stereocenters. The summed E-state index contributed by atoms with van der Waals surface area (Å²) in [5, 5.41) is 4.87. The van der Waals surface area contributed by atoms with Crippen LogP contribution in [0.4, 0.5) is 17.1 Å². The van der Waals surface area contributed by atoms with Crippen molar-refractivity contribution < 1.29 is 0 Å². The molecule has 0 spiro atoms.